The van der Waals surface area contributed by atoms with Crippen LogP contribution in [0.5, 0.6) is 5.75 Å². The number of methoxy groups -OCH3 is 1. The van der Waals surface area contributed by atoms with Crippen LogP contribution in [0.15, 0.2) is 35.1 Å². The Kier molecular flexibility index (Phi) is 6.56. The quantitative estimate of drug-likeness (QED) is 0.533. The average molecular weight is 455 g/mol. The van der Waals surface area contributed by atoms with Crippen LogP contribution in [0.4, 0.5) is 4.39 Å². The maximum absolute atomic E-state index is 14.7. The van der Waals surface area contributed by atoms with Crippen LogP contribution in [0, 0.1) is 19.8 Å². The summed E-state index contributed by atoms with van der Waals surface area (Å²) in [7, 11) is 1.50. The van der Waals surface area contributed by atoms with E-state index in [1.54, 1.807) is 13.0 Å². The third-order valence-corrected chi connectivity index (χ3v) is 6.74. The second kappa shape index (κ2) is 9.39. The van der Waals surface area contributed by atoms with Gasteiger partial charge in [0, 0.05) is 40.8 Å². The fraction of sp³-hybridized carbons (Fsp3) is 0.440. The highest BCUT2D eigenvalue weighted by Crippen LogP contribution is 2.35. The molecule has 176 valence electrons. The van der Waals surface area contributed by atoms with Crippen molar-refractivity contribution in [2.24, 2.45) is 5.92 Å². The maximum Gasteiger partial charge on any atom is 0.256 e. The summed E-state index contributed by atoms with van der Waals surface area (Å²) in [5.41, 5.74) is 3.00. The number of nitrogens with zero attached hydrogens (tertiary/aromatic N) is 1. The lowest BCUT2D eigenvalue weighted by Gasteiger charge is -2.33. The van der Waals surface area contributed by atoms with E-state index >= 15 is 0 Å². The minimum absolute atomic E-state index is 0.0347. The Labute approximate surface area is 192 Å². The monoisotopic (exact) mass is 454 g/mol. The number of rotatable bonds is 6. The molecule has 7 nitrogen and oxygen atoms in total. The van der Waals surface area contributed by atoms with Crippen molar-refractivity contribution in [3.8, 4) is 5.75 Å². The third kappa shape index (κ3) is 4.27. The van der Waals surface area contributed by atoms with Crippen LogP contribution in [0.1, 0.15) is 46.7 Å². The van der Waals surface area contributed by atoms with Gasteiger partial charge in [-0.05, 0) is 45.9 Å². The van der Waals surface area contributed by atoms with Crippen molar-refractivity contribution in [2.45, 2.75) is 46.0 Å². The van der Waals surface area contributed by atoms with E-state index in [4.69, 9.17) is 4.74 Å². The van der Waals surface area contributed by atoms with Crippen LogP contribution < -0.4 is 20.9 Å². The van der Waals surface area contributed by atoms with Gasteiger partial charge >= 0.3 is 0 Å². The van der Waals surface area contributed by atoms with Gasteiger partial charge in [0.25, 0.3) is 11.5 Å². The Balaban J connectivity index is 1.68. The lowest BCUT2D eigenvalue weighted by atomic mass is 9.89. The molecule has 3 atom stereocenters. The number of piperidine rings is 1. The van der Waals surface area contributed by atoms with Gasteiger partial charge in [0.05, 0.1) is 24.8 Å². The first-order valence-corrected chi connectivity index (χ1v) is 11.3. The number of H-pyrrole nitrogens is 1. The molecule has 1 aliphatic heterocycles. The van der Waals surface area contributed by atoms with E-state index in [0.717, 1.165) is 29.6 Å². The van der Waals surface area contributed by atoms with Gasteiger partial charge in [-0.3, -0.25) is 9.59 Å². The number of nitrogens with one attached hydrogen (secondary N) is 3. The second-order valence-corrected chi connectivity index (χ2v) is 8.77. The minimum atomic E-state index is -0.938. The number of aromatic nitrogens is 2. The number of aryl methyl sites for hydroxylation is 1. The molecule has 3 aromatic rings. The van der Waals surface area contributed by atoms with E-state index in [-0.39, 0.29) is 30.0 Å². The van der Waals surface area contributed by atoms with Gasteiger partial charge in [0.2, 0.25) is 0 Å². The number of alkyl halides is 1. The van der Waals surface area contributed by atoms with Gasteiger partial charge in [-0.2, -0.15) is 0 Å². The highest BCUT2D eigenvalue weighted by molar-refractivity contribution is 6.08. The van der Waals surface area contributed by atoms with E-state index in [1.807, 2.05) is 38.1 Å². The summed E-state index contributed by atoms with van der Waals surface area (Å²) < 4.78 is 22.2. The zero-order valence-electron chi connectivity index (χ0n) is 19.5. The number of para-hydroxylation sites is 1. The predicted octanol–water partition coefficient (Wildman–Crippen LogP) is 3.39. The van der Waals surface area contributed by atoms with Crippen LogP contribution in [0.3, 0.4) is 0 Å². The topological polar surface area (TPSA) is 88.2 Å². The average Bonchev–Trinajstić information content (AvgIpc) is 3.09. The van der Waals surface area contributed by atoms with E-state index < -0.39 is 6.17 Å². The molecule has 2 aromatic heterocycles. The molecule has 3 N–H and O–H groups in total. The molecule has 1 aromatic carbocycles. The van der Waals surface area contributed by atoms with Crippen LogP contribution >= 0.6 is 0 Å². The zero-order valence-corrected chi connectivity index (χ0v) is 19.5. The van der Waals surface area contributed by atoms with Crippen LogP contribution in [0.25, 0.3) is 10.9 Å². The van der Waals surface area contributed by atoms with Gasteiger partial charge in [0.1, 0.15) is 11.9 Å². The van der Waals surface area contributed by atoms with Crippen LogP contribution in [-0.4, -0.2) is 41.8 Å². The highest BCUT2D eigenvalue weighted by atomic mass is 19.1. The number of benzene rings is 1. The first-order valence-electron chi connectivity index (χ1n) is 11.3. The maximum atomic E-state index is 14.7. The number of hydrogen-bond acceptors (Lipinski definition) is 4. The number of pyridine rings is 1. The first-order chi connectivity index (χ1) is 15.8. The summed E-state index contributed by atoms with van der Waals surface area (Å²) in [6, 6.07) is 9.33. The van der Waals surface area contributed by atoms with E-state index in [9.17, 15) is 14.0 Å². The summed E-state index contributed by atoms with van der Waals surface area (Å²) in [5, 5.41) is 6.81. The number of aromatic amines is 1. The van der Waals surface area contributed by atoms with Crippen molar-refractivity contribution in [3.05, 3.63) is 63.2 Å². The third-order valence-electron chi connectivity index (χ3n) is 6.74. The molecule has 0 radical (unpaired) electrons. The summed E-state index contributed by atoms with van der Waals surface area (Å²) in [6.45, 7) is 6.88. The highest BCUT2D eigenvalue weighted by Gasteiger charge is 2.33. The van der Waals surface area contributed by atoms with Crippen molar-refractivity contribution in [1.29, 1.82) is 0 Å². The number of halogens is 1. The van der Waals surface area contributed by atoms with Crippen molar-refractivity contribution >= 4 is 16.8 Å². The molecule has 33 heavy (non-hydrogen) atoms. The fourth-order valence-corrected chi connectivity index (χ4v) is 5.07. The van der Waals surface area contributed by atoms with Gasteiger partial charge < -0.3 is 24.9 Å². The Morgan fingerprint density at radius 3 is 2.82 bits per heavy atom. The molecular weight excluding hydrogens is 423 g/mol. The summed E-state index contributed by atoms with van der Waals surface area (Å²) in [6.07, 6.45) is -0.196. The van der Waals surface area contributed by atoms with Gasteiger partial charge in [-0.1, -0.05) is 18.2 Å². The first kappa shape index (κ1) is 23.0. The lowest BCUT2D eigenvalue weighted by Crippen LogP contribution is -2.41. The van der Waals surface area contributed by atoms with Gasteiger partial charge in [-0.15, -0.1) is 0 Å². The van der Waals surface area contributed by atoms with Crippen molar-refractivity contribution in [3.63, 3.8) is 0 Å². The Bertz CT molecular complexity index is 1230. The molecule has 1 saturated heterocycles. The minimum Gasteiger partial charge on any atom is -0.496 e. The largest absolute Gasteiger partial charge is 0.496 e. The summed E-state index contributed by atoms with van der Waals surface area (Å²) in [5.74, 6) is 0.0232. The molecule has 0 saturated carbocycles. The normalized spacial score (nSPS) is 19.4. The second-order valence-electron chi connectivity index (χ2n) is 8.77. The smallest absolute Gasteiger partial charge is 0.256 e. The molecular formula is C25H31FN4O3. The molecule has 1 fully saturated rings. The SMILES string of the molecule is COc1cc(C)[nH]c(=O)c1CNC(=O)c1c(C)n(C(C)C2CCNCC2F)c2ccccc12. The van der Waals surface area contributed by atoms with Crippen molar-refractivity contribution < 1.29 is 13.9 Å². The zero-order chi connectivity index (χ0) is 23.7. The molecule has 1 aliphatic rings. The number of carbonyl (C=O) groups excluding carboxylic acids is 1. The number of amides is 1. The number of hydrogen-bond donors (Lipinski definition) is 3. The predicted molar refractivity (Wildman–Crippen MR) is 127 cm³/mol. The fourth-order valence-electron chi connectivity index (χ4n) is 5.07. The Hall–Kier alpha value is -3.13. The van der Waals surface area contributed by atoms with Crippen LogP contribution in [-0.2, 0) is 6.54 Å². The summed E-state index contributed by atoms with van der Waals surface area (Å²) in [4.78, 5) is 28.5. The van der Waals surface area contributed by atoms with Crippen LogP contribution in [0.2, 0.25) is 0 Å². The molecule has 0 bridgehead atoms. The molecule has 0 aliphatic carbocycles. The molecule has 3 heterocycles. The molecule has 3 unspecified atom stereocenters. The van der Waals surface area contributed by atoms with Crippen molar-refractivity contribution in [1.82, 2.24) is 20.2 Å². The Morgan fingerprint density at radius 2 is 2.09 bits per heavy atom. The summed E-state index contributed by atoms with van der Waals surface area (Å²) >= 11 is 0. The van der Waals surface area contributed by atoms with E-state index in [1.165, 1.54) is 7.11 Å². The Morgan fingerprint density at radius 1 is 1.33 bits per heavy atom. The number of ether oxygens (including phenoxy) is 1. The number of carbonyl (C=O) groups is 1. The van der Waals surface area contributed by atoms with E-state index in [0.29, 0.717) is 29.1 Å². The molecule has 4 rings (SSSR count). The molecule has 1 amide bonds. The number of fused-ring (bicyclic) bond motifs is 1. The molecule has 0 spiro atoms. The van der Waals surface area contributed by atoms with Gasteiger partial charge in [-0.25, -0.2) is 4.39 Å². The molecule has 8 heteroatoms. The standard InChI is InChI=1S/C25H31FN4O3/c1-14-11-22(33-4)19(24(31)29-14)12-28-25(32)23-16(3)30(21-8-6-5-7-18(21)23)15(2)17-9-10-27-13-20(17)26/h5-8,11,15,17,20,27H,9-10,12-13H2,1-4H3,(H,28,32)(H,29,31). The van der Waals surface area contributed by atoms with Crippen molar-refractivity contribution in [2.75, 3.05) is 20.2 Å². The van der Waals surface area contributed by atoms with E-state index in [2.05, 4.69) is 20.2 Å². The van der Waals surface area contributed by atoms with Gasteiger partial charge in [0.15, 0.2) is 0 Å². The lowest BCUT2D eigenvalue weighted by molar-refractivity contribution is 0.0950.